The highest BCUT2D eigenvalue weighted by molar-refractivity contribution is 5.89. The minimum absolute atomic E-state index is 0.0298. The molecule has 25 heavy (non-hydrogen) atoms. The Hall–Kier alpha value is -1.55. The lowest BCUT2D eigenvalue weighted by atomic mass is 9.76. The van der Waals surface area contributed by atoms with Gasteiger partial charge >= 0.3 is 6.03 Å². The van der Waals surface area contributed by atoms with Crippen LogP contribution in [0.1, 0.15) is 57.4 Å². The fourth-order valence-corrected chi connectivity index (χ4v) is 4.61. The maximum Gasteiger partial charge on any atom is 0.321 e. The zero-order valence-corrected chi connectivity index (χ0v) is 15.7. The van der Waals surface area contributed by atoms with Gasteiger partial charge in [-0.2, -0.15) is 0 Å². The Morgan fingerprint density at radius 2 is 2.04 bits per heavy atom. The normalized spacial score (nSPS) is 26.2. The number of amides is 2. The lowest BCUT2D eigenvalue weighted by Gasteiger charge is -2.43. The minimum atomic E-state index is 0.0298. The number of anilines is 1. The van der Waals surface area contributed by atoms with E-state index in [1.54, 1.807) is 0 Å². The van der Waals surface area contributed by atoms with E-state index >= 15 is 0 Å². The van der Waals surface area contributed by atoms with Gasteiger partial charge in [0.25, 0.3) is 0 Å². The number of rotatable bonds is 5. The molecule has 138 valence electrons. The van der Waals surface area contributed by atoms with E-state index in [9.17, 15) is 4.79 Å². The van der Waals surface area contributed by atoms with Gasteiger partial charge in [0.05, 0.1) is 6.10 Å². The van der Waals surface area contributed by atoms with Crippen molar-refractivity contribution in [2.45, 2.75) is 64.4 Å². The first kappa shape index (κ1) is 18.2. The second-order valence-electron chi connectivity index (χ2n) is 7.73. The number of aryl methyl sites for hydroxylation is 1. The summed E-state index contributed by atoms with van der Waals surface area (Å²) in [5.41, 5.74) is 2.40. The number of nitrogens with one attached hydrogen (secondary N) is 1. The third kappa shape index (κ3) is 4.17. The van der Waals surface area contributed by atoms with E-state index in [-0.39, 0.29) is 11.4 Å². The highest BCUT2D eigenvalue weighted by Gasteiger charge is 2.46. The SMILES string of the molecule is CCCCc1ccc(NC(=O)N2CCC[C@@]3(CCC[C@H]3OC)C2)cc1. The number of methoxy groups -OCH3 is 1. The predicted octanol–water partition coefficient (Wildman–Crippen LogP) is 4.84. The molecule has 1 aromatic carbocycles. The maximum atomic E-state index is 12.7. The molecule has 3 rings (SSSR count). The first-order valence-electron chi connectivity index (χ1n) is 9.84. The summed E-state index contributed by atoms with van der Waals surface area (Å²) in [6, 6.07) is 8.33. The standard InChI is InChI=1S/C21H32N2O2/c1-3-4-7-17-9-11-18(12-10-17)22-20(24)23-15-6-14-21(16-23)13-5-8-19(21)25-2/h9-12,19H,3-8,13-16H2,1-2H3,(H,22,24)/t19-,21+/m1/s1. The van der Waals surface area contributed by atoms with Gasteiger partial charge in [-0.15, -0.1) is 0 Å². The van der Waals surface area contributed by atoms with Gasteiger partial charge in [-0.25, -0.2) is 4.79 Å². The van der Waals surface area contributed by atoms with Crippen LogP contribution in [0.2, 0.25) is 0 Å². The highest BCUT2D eigenvalue weighted by Crippen LogP contribution is 2.46. The molecule has 1 aromatic rings. The van der Waals surface area contributed by atoms with Gasteiger partial charge in [0.2, 0.25) is 0 Å². The number of carbonyl (C=O) groups excluding carboxylic acids is 1. The number of ether oxygens (including phenoxy) is 1. The van der Waals surface area contributed by atoms with Crippen molar-refractivity contribution in [1.82, 2.24) is 4.90 Å². The molecule has 1 aliphatic heterocycles. The third-order valence-corrected chi connectivity index (χ3v) is 6.03. The van der Waals surface area contributed by atoms with Gasteiger partial charge in [-0.05, 0) is 56.2 Å². The molecule has 1 heterocycles. The van der Waals surface area contributed by atoms with Crippen molar-refractivity contribution < 1.29 is 9.53 Å². The molecule has 4 heteroatoms. The van der Waals surface area contributed by atoms with E-state index < -0.39 is 0 Å². The van der Waals surface area contributed by atoms with Crippen LogP contribution >= 0.6 is 0 Å². The summed E-state index contributed by atoms with van der Waals surface area (Å²) in [4.78, 5) is 14.7. The second kappa shape index (κ2) is 8.22. The molecule has 2 fully saturated rings. The van der Waals surface area contributed by atoms with Crippen molar-refractivity contribution in [2.75, 3.05) is 25.5 Å². The maximum absolute atomic E-state index is 12.7. The topological polar surface area (TPSA) is 41.6 Å². The monoisotopic (exact) mass is 344 g/mol. The molecule has 0 radical (unpaired) electrons. The van der Waals surface area contributed by atoms with Crippen molar-refractivity contribution in [3.05, 3.63) is 29.8 Å². The van der Waals surface area contributed by atoms with Crippen LogP contribution in [0.3, 0.4) is 0 Å². The number of piperidine rings is 1. The number of carbonyl (C=O) groups is 1. The minimum Gasteiger partial charge on any atom is -0.381 e. The van der Waals surface area contributed by atoms with Crippen LogP contribution in [-0.2, 0) is 11.2 Å². The summed E-state index contributed by atoms with van der Waals surface area (Å²) in [6.45, 7) is 3.88. The van der Waals surface area contributed by atoms with E-state index in [0.29, 0.717) is 6.10 Å². The molecule has 2 aliphatic rings. The van der Waals surface area contributed by atoms with Crippen LogP contribution in [-0.4, -0.2) is 37.2 Å². The Balaban J connectivity index is 1.59. The first-order chi connectivity index (χ1) is 12.2. The quantitative estimate of drug-likeness (QED) is 0.830. The van der Waals surface area contributed by atoms with Gasteiger partial charge in [-0.3, -0.25) is 0 Å². The number of hydrogen-bond donors (Lipinski definition) is 1. The third-order valence-electron chi connectivity index (χ3n) is 6.03. The molecule has 0 unspecified atom stereocenters. The molecule has 0 aromatic heterocycles. The summed E-state index contributed by atoms with van der Waals surface area (Å²) < 4.78 is 5.74. The molecule has 2 amide bonds. The van der Waals surface area contributed by atoms with Crippen LogP contribution in [0.25, 0.3) is 0 Å². The largest absolute Gasteiger partial charge is 0.381 e. The smallest absolute Gasteiger partial charge is 0.321 e. The van der Waals surface area contributed by atoms with Gasteiger partial charge in [-0.1, -0.05) is 31.9 Å². The average Bonchev–Trinajstić information content (AvgIpc) is 3.02. The Labute approximate surface area is 151 Å². The van der Waals surface area contributed by atoms with Crippen molar-refractivity contribution in [2.24, 2.45) is 5.41 Å². The summed E-state index contributed by atoms with van der Waals surface area (Å²) in [7, 11) is 1.82. The Bertz CT molecular complexity index is 572. The van der Waals surface area contributed by atoms with Gasteiger partial charge in [0.15, 0.2) is 0 Å². The van der Waals surface area contributed by atoms with Crippen molar-refractivity contribution in [3.8, 4) is 0 Å². The van der Waals surface area contributed by atoms with Crippen LogP contribution in [0.5, 0.6) is 0 Å². The van der Waals surface area contributed by atoms with Crippen molar-refractivity contribution in [3.63, 3.8) is 0 Å². The Morgan fingerprint density at radius 1 is 1.28 bits per heavy atom. The number of benzene rings is 1. The van der Waals surface area contributed by atoms with E-state index in [1.165, 1.54) is 37.7 Å². The zero-order valence-electron chi connectivity index (χ0n) is 15.7. The number of nitrogens with zero attached hydrogens (tertiary/aromatic N) is 1. The number of likely N-dealkylation sites (tertiary alicyclic amines) is 1. The zero-order chi connectivity index (χ0) is 17.7. The Morgan fingerprint density at radius 3 is 2.76 bits per heavy atom. The second-order valence-corrected chi connectivity index (χ2v) is 7.73. The van der Waals surface area contributed by atoms with Crippen LogP contribution in [0.4, 0.5) is 10.5 Å². The van der Waals surface area contributed by atoms with Gasteiger partial charge in [0.1, 0.15) is 0 Å². The van der Waals surface area contributed by atoms with Crippen molar-refractivity contribution >= 4 is 11.7 Å². The van der Waals surface area contributed by atoms with E-state index in [0.717, 1.165) is 38.0 Å². The summed E-state index contributed by atoms with van der Waals surface area (Å²) in [6.07, 6.45) is 9.61. The van der Waals surface area contributed by atoms with Crippen molar-refractivity contribution in [1.29, 1.82) is 0 Å². The summed E-state index contributed by atoms with van der Waals surface area (Å²) >= 11 is 0. The lowest BCUT2D eigenvalue weighted by Crippen LogP contribution is -2.51. The van der Waals surface area contributed by atoms with Crippen LogP contribution < -0.4 is 5.32 Å². The van der Waals surface area contributed by atoms with Crippen LogP contribution in [0, 0.1) is 5.41 Å². The molecule has 1 saturated carbocycles. The summed E-state index contributed by atoms with van der Waals surface area (Å²) in [5, 5.41) is 3.08. The molecule has 1 aliphatic carbocycles. The highest BCUT2D eigenvalue weighted by atomic mass is 16.5. The fraction of sp³-hybridized carbons (Fsp3) is 0.667. The molecule has 1 spiro atoms. The van der Waals surface area contributed by atoms with E-state index in [1.807, 2.05) is 24.1 Å². The molecule has 1 N–H and O–H groups in total. The van der Waals surface area contributed by atoms with E-state index in [4.69, 9.17) is 4.74 Å². The van der Waals surface area contributed by atoms with Gasteiger partial charge < -0.3 is 15.0 Å². The molecular formula is C21H32N2O2. The molecule has 2 atom stereocenters. The number of unbranched alkanes of at least 4 members (excludes halogenated alkanes) is 1. The molecular weight excluding hydrogens is 312 g/mol. The molecule has 4 nitrogen and oxygen atoms in total. The number of urea groups is 1. The number of hydrogen-bond acceptors (Lipinski definition) is 2. The Kier molecular flexibility index (Phi) is 6.00. The first-order valence-corrected chi connectivity index (χ1v) is 9.84. The summed E-state index contributed by atoms with van der Waals surface area (Å²) in [5.74, 6) is 0. The van der Waals surface area contributed by atoms with Gasteiger partial charge in [0, 0.05) is 31.3 Å². The fourth-order valence-electron chi connectivity index (χ4n) is 4.61. The lowest BCUT2D eigenvalue weighted by molar-refractivity contribution is -0.0244. The molecule has 0 bridgehead atoms. The van der Waals surface area contributed by atoms with E-state index in [2.05, 4.69) is 24.4 Å². The van der Waals surface area contributed by atoms with Crippen LogP contribution in [0.15, 0.2) is 24.3 Å². The predicted molar refractivity (Wildman–Crippen MR) is 102 cm³/mol. The molecule has 1 saturated heterocycles. The average molecular weight is 344 g/mol.